The van der Waals surface area contributed by atoms with Crippen molar-refractivity contribution in [2.24, 2.45) is 0 Å². The molecule has 0 spiro atoms. The van der Waals surface area contributed by atoms with E-state index in [-0.39, 0.29) is 0 Å². The monoisotopic (exact) mass is 628 g/mol. The van der Waals surface area contributed by atoms with Crippen molar-refractivity contribution in [1.82, 2.24) is 5.32 Å². The van der Waals surface area contributed by atoms with E-state index in [1.807, 2.05) is 6.07 Å². The molecule has 0 atom stereocenters. The van der Waals surface area contributed by atoms with Gasteiger partial charge in [-0.2, -0.15) is 0 Å². The maximum absolute atomic E-state index is 5.47. The number of rotatable bonds is 22. The Morgan fingerprint density at radius 3 is 1.35 bits per heavy atom. The van der Waals surface area contributed by atoms with Gasteiger partial charge < -0.3 is 14.8 Å². The zero-order chi connectivity index (χ0) is 33.6. The maximum atomic E-state index is 5.47. The first-order valence-electron chi connectivity index (χ1n) is 17.8. The van der Waals surface area contributed by atoms with E-state index in [2.05, 4.69) is 115 Å². The van der Waals surface area contributed by atoms with Gasteiger partial charge in [0.25, 0.3) is 0 Å². The predicted octanol–water partition coefficient (Wildman–Crippen LogP) is 12.8. The molecule has 46 heavy (non-hydrogen) atoms. The molecular weight excluding hydrogens is 562 g/mol. The highest BCUT2D eigenvalue weighted by atomic mass is 16.7. The minimum Gasteiger partial charge on any atom is -0.454 e. The Bertz CT molecular complexity index is 1260. The van der Waals surface area contributed by atoms with Crippen LogP contribution in [0.2, 0.25) is 0 Å². The van der Waals surface area contributed by atoms with Gasteiger partial charge in [-0.05, 0) is 150 Å². The van der Waals surface area contributed by atoms with Crippen molar-refractivity contribution in [3.63, 3.8) is 0 Å². The minimum atomic E-state index is 0.325. The van der Waals surface area contributed by atoms with Crippen LogP contribution >= 0.6 is 0 Å². The average molecular weight is 628 g/mol. The Morgan fingerprint density at radius 1 is 0.522 bits per heavy atom. The molecule has 0 bridgehead atoms. The third-order valence-electron chi connectivity index (χ3n) is 8.61. The number of nitrogens with one attached hydrogen (secondary N) is 1. The predicted molar refractivity (Wildman–Crippen MR) is 202 cm³/mol. The van der Waals surface area contributed by atoms with E-state index in [1.165, 1.54) is 83.1 Å². The van der Waals surface area contributed by atoms with Gasteiger partial charge in [-0.1, -0.05) is 87.6 Å². The SMILES string of the molecule is CC(C)=CCCC(C)=CCCC(C)=CCC/C(C)=C/CC/C(C)=C/CC/C(C)=C/CC/C(C)=C/CNCc1ccc2c(c1)OCO2. The second kappa shape index (κ2) is 23.3. The molecule has 1 aliphatic rings. The lowest BCUT2D eigenvalue weighted by Gasteiger charge is -2.05. The van der Waals surface area contributed by atoms with Crippen LogP contribution < -0.4 is 14.8 Å². The molecule has 0 amide bonds. The molecule has 3 heteroatoms. The highest BCUT2D eigenvalue weighted by molar-refractivity contribution is 5.44. The molecule has 0 saturated heterocycles. The van der Waals surface area contributed by atoms with Crippen LogP contribution in [0.4, 0.5) is 0 Å². The molecule has 1 aromatic carbocycles. The molecule has 0 unspecified atom stereocenters. The lowest BCUT2D eigenvalue weighted by atomic mass is 10.0. The fourth-order valence-electron chi connectivity index (χ4n) is 5.45. The van der Waals surface area contributed by atoms with Crippen molar-refractivity contribution in [2.45, 2.75) is 139 Å². The van der Waals surface area contributed by atoms with Gasteiger partial charge in [0.2, 0.25) is 6.79 Å². The molecule has 1 N–H and O–H groups in total. The van der Waals surface area contributed by atoms with Crippen molar-refractivity contribution >= 4 is 0 Å². The summed E-state index contributed by atoms with van der Waals surface area (Å²) in [5, 5.41) is 3.51. The number of fused-ring (bicyclic) bond motifs is 1. The van der Waals surface area contributed by atoms with Gasteiger partial charge in [-0.15, -0.1) is 0 Å². The van der Waals surface area contributed by atoms with Crippen LogP contribution in [0.1, 0.15) is 138 Å². The van der Waals surface area contributed by atoms with Gasteiger partial charge in [-0.3, -0.25) is 0 Å². The number of hydrogen-bond donors (Lipinski definition) is 1. The fourth-order valence-corrected chi connectivity index (χ4v) is 5.45. The molecule has 1 heterocycles. The first kappa shape index (κ1) is 39.1. The summed E-state index contributed by atoms with van der Waals surface area (Å²) in [5.41, 5.74) is 11.7. The highest BCUT2D eigenvalue weighted by Gasteiger charge is 2.12. The molecule has 2 rings (SSSR count). The van der Waals surface area contributed by atoms with Crippen molar-refractivity contribution < 1.29 is 9.47 Å². The Labute approximate surface area is 283 Å². The molecule has 0 radical (unpaired) electrons. The first-order chi connectivity index (χ1) is 22.1. The molecule has 0 saturated carbocycles. The number of ether oxygens (including phenoxy) is 2. The maximum Gasteiger partial charge on any atom is 0.231 e. The highest BCUT2D eigenvalue weighted by Crippen LogP contribution is 2.32. The smallest absolute Gasteiger partial charge is 0.231 e. The van der Waals surface area contributed by atoms with Crippen molar-refractivity contribution in [3.8, 4) is 11.5 Å². The van der Waals surface area contributed by atoms with Gasteiger partial charge in [0.05, 0.1) is 0 Å². The zero-order valence-corrected chi connectivity index (χ0v) is 30.7. The molecular formula is C43H65NO2. The molecule has 0 aromatic heterocycles. The van der Waals surface area contributed by atoms with Crippen LogP contribution in [0.5, 0.6) is 11.5 Å². The summed E-state index contributed by atoms with van der Waals surface area (Å²) >= 11 is 0. The Balaban J connectivity index is 1.54. The largest absolute Gasteiger partial charge is 0.454 e. The quantitative estimate of drug-likeness (QED) is 0.102. The van der Waals surface area contributed by atoms with E-state index < -0.39 is 0 Å². The number of benzene rings is 1. The topological polar surface area (TPSA) is 30.5 Å². The van der Waals surface area contributed by atoms with E-state index in [9.17, 15) is 0 Å². The van der Waals surface area contributed by atoms with E-state index >= 15 is 0 Å². The summed E-state index contributed by atoms with van der Waals surface area (Å²) in [5.74, 6) is 1.69. The van der Waals surface area contributed by atoms with Crippen LogP contribution in [0.25, 0.3) is 0 Å². The zero-order valence-electron chi connectivity index (χ0n) is 30.7. The minimum absolute atomic E-state index is 0.325. The molecule has 254 valence electrons. The van der Waals surface area contributed by atoms with Gasteiger partial charge in [-0.25, -0.2) is 0 Å². The lowest BCUT2D eigenvalue weighted by molar-refractivity contribution is 0.174. The summed E-state index contributed by atoms with van der Waals surface area (Å²) in [6.07, 6.45) is 30.7. The van der Waals surface area contributed by atoms with Crippen LogP contribution in [-0.2, 0) is 6.54 Å². The molecule has 0 fully saturated rings. The van der Waals surface area contributed by atoms with E-state index in [4.69, 9.17) is 9.47 Å². The first-order valence-corrected chi connectivity index (χ1v) is 17.8. The number of allylic oxidation sites excluding steroid dienone is 13. The second-order valence-electron chi connectivity index (χ2n) is 13.6. The molecule has 1 aliphatic heterocycles. The van der Waals surface area contributed by atoms with Gasteiger partial charge in [0.1, 0.15) is 0 Å². The summed E-state index contributed by atoms with van der Waals surface area (Å²) in [7, 11) is 0. The lowest BCUT2D eigenvalue weighted by Crippen LogP contribution is -2.13. The summed E-state index contributed by atoms with van der Waals surface area (Å²) in [6, 6.07) is 6.15. The second-order valence-corrected chi connectivity index (χ2v) is 13.6. The van der Waals surface area contributed by atoms with Crippen LogP contribution in [-0.4, -0.2) is 13.3 Å². The van der Waals surface area contributed by atoms with E-state index in [0.29, 0.717) is 6.79 Å². The third kappa shape index (κ3) is 18.8. The third-order valence-corrected chi connectivity index (χ3v) is 8.61. The Kier molecular flexibility index (Phi) is 19.8. The summed E-state index contributed by atoms with van der Waals surface area (Å²) < 4.78 is 10.9. The van der Waals surface area contributed by atoms with Gasteiger partial charge in [0.15, 0.2) is 11.5 Å². The van der Waals surface area contributed by atoms with E-state index in [1.54, 1.807) is 0 Å². The van der Waals surface area contributed by atoms with Gasteiger partial charge >= 0.3 is 0 Å². The standard InChI is InChI=1S/C43H65NO2/c1-34(2)15-9-16-35(3)17-10-18-36(4)19-11-20-37(5)21-12-22-38(6)23-13-24-39(7)25-14-26-40(8)29-30-44-32-41-27-28-42-43(31-41)46-33-45-42/h15,17,19,21,23,25,27-29,31,44H,9-14,16,18,20,22,24,26,30,32-33H2,1-8H3/b35-17?,36-19?,37-21+,38-23+,39-25+,40-29+. The fraction of sp³-hybridized carbons (Fsp3) is 0.535. The summed E-state index contributed by atoms with van der Waals surface area (Å²) in [4.78, 5) is 0. The van der Waals surface area contributed by atoms with Crippen LogP contribution in [0, 0.1) is 0 Å². The molecule has 3 nitrogen and oxygen atoms in total. The van der Waals surface area contributed by atoms with Crippen LogP contribution in [0.3, 0.4) is 0 Å². The normalized spacial score (nSPS) is 14.7. The average Bonchev–Trinajstić information content (AvgIpc) is 3.47. The van der Waals surface area contributed by atoms with Crippen molar-refractivity contribution in [1.29, 1.82) is 0 Å². The summed E-state index contributed by atoms with van der Waals surface area (Å²) in [6.45, 7) is 20.1. The Morgan fingerprint density at radius 2 is 0.913 bits per heavy atom. The van der Waals surface area contributed by atoms with Gasteiger partial charge in [0, 0.05) is 13.1 Å². The van der Waals surface area contributed by atoms with Crippen molar-refractivity contribution in [2.75, 3.05) is 13.3 Å². The number of hydrogen-bond acceptors (Lipinski definition) is 3. The van der Waals surface area contributed by atoms with Crippen LogP contribution in [0.15, 0.2) is 99.7 Å². The van der Waals surface area contributed by atoms with Crippen molar-refractivity contribution in [3.05, 3.63) is 105 Å². The molecule has 1 aromatic rings. The van der Waals surface area contributed by atoms with E-state index in [0.717, 1.165) is 63.1 Å². The Hall–Kier alpha value is -3.04. The molecule has 0 aliphatic carbocycles.